The molecule has 1 atom stereocenters. The second-order valence-electron chi connectivity index (χ2n) is 5.92. The molecule has 2 amide bonds. The first-order valence-corrected chi connectivity index (χ1v) is 7.07. The van der Waals surface area contributed by atoms with Gasteiger partial charge in [0.2, 0.25) is 5.91 Å². The van der Waals surface area contributed by atoms with Crippen molar-refractivity contribution in [3.63, 3.8) is 0 Å². The van der Waals surface area contributed by atoms with Gasteiger partial charge in [0.25, 0.3) is 5.69 Å². The van der Waals surface area contributed by atoms with Crippen molar-refractivity contribution in [2.45, 2.75) is 38.8 Å². The Labute approximate surface area is 134 Å². The van der Waals surface area contributed by atoms with E-state index in [9.17, 15) is 19.7 Å². The van der Waals surface area contributed by atoms with Crippen molar-refractivity contribution in [1.82, 2.24) is 10.6 Å². The molecule has 1 aromatic rings. The average Bonchev–Trinajstić information content (AvgIpc) is 2.44. The first-order chi connectivity index (χ1) is 10.6. The standard InChI is InChI=1S/C15H21N3O5/c1-15(2,3)23-14(20)17-12(9-13(19)16-4)10-5-7-11(8-6-10)18(21)22/h5-8,12H,9H2,1-4H3,(H,16,19)(H,17,20)/t12-/m1/s1. The Morgan fingerprint density at radius 2 is 1.83 bits per heavy atom. The molecule has 1 rings (SSSR count). The van der Waals surface area contributed by atoms with E-state index in [2.05, 4.69) is 10.6 Å². The van der Waals surface area contributed by atoms with Gasteiger partial charge in [0.05, 0.1) is 17.4 Å². The first kappa shape index (κ1) is 18.4. The molecule has 0 saturated carbocycles. The number of alkyl carbamates (subject to hydrolysis) is 1. The summed E-state index contributed by atoms with van der Waals surface area (Å²) < 4.78 is 5.18. The molecule has 8 nitrogen and oxygen atoms in total. The molecule has 0 spiro atoms. The van der Waals surface area contributed by atoms with Crippen molar-refractivity contribution >= 4 is 17.7 Å². The summed E-state index contributed by atoms with van der Waals surface area (Å²) >= 11 is 0. The van der Waals surface area contributed by atoms with Gasteiger partial charge in [-0.25, -0.2) is 4.79 Å². The molecule has 1 aromatic carbocycles. The van der Waals surface area contributed by atoms with Gasteiger partial charge < -0.3 is 15.4 Å². The number of nitrogens with zero attached hydrogens (tertiary/aromatic N) is 1. The highest BCUT2D eigenvalue weighted by atomic mass is 16.6. The zero-order valence-corrected chi connectivity index (χ0v) is 13.6. The summed E-state index contributed by atoms with van der Waals surface area (Å²) in [4.78, 5) is 33.7. The maximum atomic E-state index is 11.9. The number of amides is 2. The molecule has 0 unspecified atom stereocenters. The second-order valence-corrected chi connectivity index (χ2v) is 5.92. The number of non-ortho nitro benzene ring substituents is 1. The number of hydrogen-bond acceptors (Lipinski definition) is 5. The molecule has 0 aliphatic rings. The van der Waals surface area contributed by atoms with Crippen molar-refractivity contribution < 1.29 is 19.2 Å². The molecule has 0 aromatic heterocycles. The topological polar surface area (TPSA) is 111 Å². The summed E-state index contributed by atoms with van der Waals surface area (Å²) in [6, 6.07) is 5.00. The van der Waals surface area contributed by atoms with E-state index < -0.39 is 22.7 Å². The van der Waals surface area contributed by atoms with Crippen LogP contribution in [-0.2, 0) is 9.53 Å². The number of carbonyl (C=O) groups excluding carboxylic acids is 2. The Morgan fingerprint density at radius 3 is 2.26 bits per heavy atom. The van der Waals surface area contributed by atoms with Crippen LogP contribution in [0.1, 0.15) is 38.8 Å². The number of benzene rings is 1. The van der Waals surface area contributed by atoms with Gasteiger partial charge in [-0.05, 0) is 26.3 Å². The van der Waals surface area contributed by atoms with Crippen molar-refractivity contribution in [3.05, 3.63) is 39.9 Å². The highest BCUT2D eigenvalue weighted by Gasteiger charge is 2.22. The maximum absolute atomic E-state index is 11.9. The third kappa shape index (κ3) is 6.33. The van der Waals surface area contributed by atoms with Gasteiger partial charge in [0.1, 0.15) is 5.60 Å². The quantitative estimate of drug-likeness (QED) is 0.638. The van der Waals surface area contributed by atoms with Gasteiger partial charge in [-0.3, -0.25) is 14.9 Å². The van der Waals surface area contributed by atoms with Gasteiger partial charge in [-0.15, -0.1) is 0 Å². The highest BCUT2D eigenvalue weighted by Crippen LogP contribution is 2.21. The van der Waals surface area contributed by atoms with E-state index >= 15 is 0 Å². The lowest BCUT2D eigenvalue weighted by atomic mass is 10.0. The predicted molar refractivity (Wildman–Crippen MR) is 83.9 cm³/mol. The van der Waals surface area contributed by atoms with Gasteiger partial charge in [-0.2, -0.15) is 0 Å². The minimum absolute atomic E-state index is 0.00640. The first-order valence-electron chi connectivity index (χ1n) is 7.07. The van der Waals surface area contributed by atoms with Crippen LogP contribution in [-0.4, -0.2) is 29.6 Å². The van der Waals surface area contributed by atoms with Crippen LogP contribution in [0, 0.1) is 10.1 Å². The maximum Gasteiger partial charge on any atom is 0.408 e. The summed E-state index contributed by atoms with van der Waals surface area (Å²) in [5.41, 5.74) is -0.160. The minimum atomic E-state index is -0.670. The number of carbonyl (C=O) groups is 2. The Kier molecular flexibility index (Phi) is 6.06. The van der Waals surface area contributed by atoms with E-state index in [0.29, 0.717) is 5.56 Å². The summed E-state index contributed by atoms with van der Waals surface area (Å²) in [7, 11) is 1.49. The van der Waals surface area contributed by atoms with E-state index in [1.165, 1.54) is 31.3 Å². The summed E-state index contributed by atoms with van der Waals surface area (Å²) in [6.07, 6.45) is -0.669. The lowest BCUT2D eigenvalue weighted by Gasteiger charge is -2.23. The third-order valence-electron chi connectivity index (χ3n) is 2.87. The largest absolute Gasteiger partial charge is 0.444 e. The monoisotopic (exact) mass is 323 g/mol. The van der Waals surface area contributed by atoms with Crippen molar-refractivity contribution in [3.8, 4) is 0 Å². The van der Waals surface area contributed by atoms with Crippen LogP contribution in [0.2, 0.25) is 0 Å². The Morgan fingerprint density at radius 1 is 1.26 bits per heavy atom. The van der Waals surface area contributed by atoms with Crippen molar-refractivity contribution in [2.75, 3.05) is 7.05 Å². The lowest BCUT2D eigenvalue weighted by molar-refractivity contribution is -0.384. The van der Waals surface area contributed by atoms with E-state index in [1.54, 1.807) is 20.8 Å². The molecule has 0 heterocycles. The van der Waals surface area contributed by atoms with Gasteiger partial charge in [0.15, 0.2) is 0 Å². The molecular weight excluding hydrogens is 302 g/mol. The number of nitro benzene ring substituents is 1. The third-order valence-corrected chi connectivity index (χ3v) is 2.87. The van der Waals surface area contributed by atoms with E-state index in [-0.39, 0.29) is 18.0 Å². The summed E-state index contributed by atoms with van der Waals surface area (Å²) in [6.45, 7) is 5.19. The van der Waals surface area contributed by atoms with Gasteiger partial charge in [-0.1, -0.05) is 12.1 Å². The summed E-state index contributed by atoms with van der Waals surface area (Å²) in [5.74, 6) is -0.274. The number of rotatable bonds is 5. The van der Waals surface area contributed by atoms with Crippen LogP contribution in [0.25, 0.3) is 0 Å². The van der Waals surface area contributed by atoms with E-state index in [4.69, 9.17) is 4.74 Å². The average molecular weight is 323 g/mol. The molecular formula is C15H21N3O5. The van der Waals surface area contributed by atoms with Crippen LogP contribution < -0.4 is 10.6 Å². The zero-order valence-electron chi connectivity index (χ0n) is 13.6. The molecule has 0 fully saturated rings. The highest BCUT2D eigenvalue weighted by molar-refractivity contribution is 5.77. The fraction of sp³-hybridized carbons (Fsp3) is 0.467. The second kappa shape index (κ2) is 7.57. The molecule has 0 saturated heterocycles. The van der Waals surface area contributed by atoms with Crippen molar-refractivity contribution in [2.24, 2.45) is 0 Å². The molecule has 0 radical (unpaired) electrons. The zero-order chi connectivity index (χ0) is 17.6. The van der Waals surface area contributed by atoms with Crippen molar-refractivity contribution in [1.29, 1.82) is 0 Å². The molecule has 8 heteroatoms. The number of nitrogens with one attached hydrogen (secondary N) is 2. The van der Waals surface area contributed by atoms with Crippen LogP contribution in [0.15, 0.2) is 24.3 Å². The molecule has 0 bridgehead atoms. The van der Waals surface area contributed by atoms with Crippen LogP contribution in [0.4, 0.5) is 10.5 Å². The molecule has 0 aliphatic carbocycles. The lowest BCUT2D eigenvalue weighted by Crippen LogP contribution is -2.37. The fourth-order valence-electron chi connectivity index (χ4n) is 1.82. The number of hydrogen-bond donors (Lipinski definition) is 2. The SMILES string of the molecule is CNC(=O)C[C@@H](NC(=O)OC(C)(C)C)c1ccc([N+](=O)[O-])cc1. The Balaban J connectivity index is 2.93. The molecule has 126 valence electrons. The van der Waals surface area contributed by atoms with Crippen LogP contribution in [0.3, 0.4) is 0 Å². The molecule has 2 N–H and O–H groups in total. The summed E-state index contributed by atoms with van der Waals surface area (Å²) in [5, 5.41) is 15.8. The minimum Gasteiger partial charge on any atom is -0.444 e. The predicted octanol–water partition coefficient (Wildman–Crippen LogP) is 2.30. The smallest absolute Gasteiger partial charge is 0.408 e. The van der Waals surface area contributed by atoms with Gasteiger partial charge >= 0.3 is 6.09 Å². The number of ether oxygens (including phenoxy) is 1. The normalized spacial score (nSPS) is 12.2. The van der Waals surface area contributed by atoms with E-state index in [1.807, 2.05) is 0 Å². The van der Waals surface area contributed by atoms with Crippen LogP contribution >= 0.6 is 0 Å². The van der Waals surface area contributed by atoms with Gasteiger partial charge in [0, 0.05) is 19.2 Å². The van der Waals surface area contributed by atoms with E-state index in [0.717, 1.165) is 0 Å². The number of nitro groups is 1. The Bertz CT molecular complexity index is 578. The van der Waals surface area contributed by atoms with Crippen LogP contribution in [0.5, 0.6) is 0 Å². The Hall–Kier alpha value is -2.64. The molecule has 23 heavy (non-hydrogen) atoms. The molecule has 0 aliphatic heterocycles. The fourth-order valence-corrected chi connectivity index (χ4v) is 1.82.